The van der Waals surface area contributed by atoms with Crippen molar-refractivity contribution in [3.63, 3.8) is 0 Å². The van der Waals surface area contributed by atoms with E-state index in [1.807, 2.05) is 17.0 Å². The molecule has 2 aliphatic heterocycles. The maximum Gasteiger partial charge on any atom is 0.301 e. The molecular formula is C25H29ClN4O6S. The molecule has 1 fully saturated rings. The Hall–Kier alpha value is -3.41. The van der Waals surface area contributed by atoms with Crippen molar-refractivity contribution in [2.45, 2.75) is 13.2 Å². The number of ether oxygens (including phenoxy) is 3. The van der Waals surface area contributed by atoms with E-state index in [2.05, 4.69) is 4.90 Å². The van der Waals surface area contributed by atoms with Gasteiger partial charge in [-0.3, -0.25) is 4.79 Å². The molecule has 2 aromatic carbocycles. The van der Waals surface area contributed by atoms with Gasteiger partial charge in [0, 0.05) is 50.6 Å². The zero-order valence-corrected chi connectivity index (χ0v) is 22.3. The Balaban J connectivity index is 1.53. The Kier molecular flexibility index (Phi) is 7.86. The predicted octanol–water partition coefficient (Wildman–Crippen LogP) is 2.76. The van der Waals surface area contributed by atoms with Gasteiger partial charge in [0.1, 0.15) is 5.75 Å². The lowest BCUT2D eigenvalue weighted by Gasteiger charge is -2.35. The molecule has 0 aliphatic carbocycles. The molecule has 0 saturated carbocycles. The monoisotopic (exact) mass is 548 g/mol. The first-order valence-electron chi connectivity index (χ1n) is 11.5. The van der Waals surface area contributed by atoms with Crippen molar-refractivity contribution >= 4 is 39.0 Å². The van der Waals surface area contributed by atoms with Crippen molar-refractivity contribution in [1.29, 1.82) is 0 Å². The smallest absolute Gasteiger partial charge is 0.301 e. The highest BCUT2D eigenvalue weighted by Gasteiger charge is 2.33. The van der Waals surface area contributed by atoms with Gasteiger partial charge in [-0.15, -0.1) is 0 Å². The quantitative estimate of drug-likeness (QED) is 0.566. The summed E-state index contributed by atoms with van der Waals surface area (Å²) >= 11 is 6.54. The Labute approximate surface area is 221 Å². The molecular weight excluding hydrogens is 520 g/mol. The molecule has 2 aliphatic rings. The lowest BCUT2D eigenvalue weighted by molar-refractivity contribution is -0.129. The Bertz CT molecular complexity index is 1320. The number of carbonyl (C=O) groups is 1. The number of halogens is 1. The number of benzene rings is 2. The average Bonchev–Trinajstić information content (AvgIpc) is 2.89. The van der Waals surface area contributed by atoms with Crippen LogP contribution in [0.1, 0.15) is 12.5 Å². The van der Waals surface area contributed by atoms with Crippen LogP contribution in [-0.2, 0) is 15.0 Å². The number of allylic oxidation sites excluding steroid dienone is 2. The lowest BCUT2D eigenvalue weighted by atomic mass is 10.0. The first-order valence-corrected chi connectivity index (χ1v) is 13.4. The van der Waals surface area contributed by atoms with Crippen molar-refractivity contribution in [2.24, 2.45) is 5.14 Å². The van der Waals surface area contributed by atoms with Crippen molar-refractivity contribution < 1.29 is 27.4 Å². The van der Waals surface area contributed by atoms with Crippen LogP contribution in [0.2, 0.25) is 0 Å². The summed E-state index contributed by atoms with van der Waals surface area (Å²) in [6.45, 7) is 4.34. The van der Waals surface area contributed by atoms with Crippen molar-refractivity contribution in [1.82, 2.24) is 9.21 Å². The summed E-state index contributed by atoms with van der Waals surface area (Å²) in [6.07, 6.45) is 1.82. The molecule has 198 valence electrons. The number of piperazine rings is 1. The van der Waals surface area contributed by atoms with Crippen LogP contribution in [0.3, 0.4) is 0 Å². The number of carbonyl (C=O) groups excluding carboxylic acids is 1. The van der Waals surface area contributed by atoms with Gasteiger partial charge in [-0.2, -0.15) is 8.42 Å². The van der Waals surface area contributed by atoms with E-state index < -0.39 is 16.4 Å². The molecule has 12 heteroatoms. The van der Waals surface area contributed by atoms with Gasteiger partial charge in [0.05, 0.1) is 19.3 Å². The second-order valence-electron chi connectivity index (χ2n) is 8.52. The summed E-state index contributed by atoms with van der Waals surface area (Å²) in [5, 5.41) is 5.65. The van der Waals surface area contributed by atoms with E-state index in [9.17, 15) is 13.2 Å². The van der Waals surface area contributed by atoms with Crippen LogP contribution < -0.4 is 24.2 Å². The highest BCUT2D eigenvalue weighted by Crippen LogP contribution is 2.36. The molecule has 4 rings (SSSR count). The summed E-state index contributed by atoms with van der Waals surface area (Å²) in [4.78, 5) is 15.5. The molecule has 1 unspecified atom stereocenters. The first-order chi connectivity index (χ1) is 17.6. The number of nitrogens with two attached hydrogens (primary N) is 1. The zero-order chi connectivity index (χ0) is 26.7. The maximum atomic E-state index is 12.5. The number of anilines is 1. The van der Waals surface area contributed by atoms with Crippen molar-refractivity contribution in [3.8, 4) is 17.2 Å². The Morgan fingerprint density at radius 2 is 1.65 bits per heavy atom. The van der Waals surface area contributed by atoms with Crippen molar-refractivity contribution in [3.05, 3.63) is 65.3 Å². The minimum absolute atomic E-state index is 0.0727. The Morgan fingerprint density at radius 3 is 2.22 bits per heavy atom. The van der Waals surface area contributed by atoms with E-state index in [1.54, 1.807) is 43.3 Å². The van der Waals surface area contributed by atoms with E-state index in [4.69, 9.17) is 31.0 Å². The van der Waals surface area contributed by atoms with Crippen molar-refractivity contribution in [2.75, 3.05) is 45.3 Å². The lowest BCUT2D eigenvalue weighted by Crippen LogP contribution is -2.48. The van der Waals surface area contributed by atoms with Gasteiger partial charge in [0.25, 0.3) is 0 Å². The predicted molar refractivity (Wildman–Crippen MR) is 142 cm³/mol. The average molecular weight is 549 g/mol. The van der Waals surface area contributed by atoms with Crippen LogP contribution in [0.5, 0.6) is 17.2 Å². The van der Waals surface area contributed by atoms with E-state index in [0.717, 1.165) is 23.1 Å². The van der Waals surface area contributed by atoms with Crippen LogP contribution in [0, 0.1) is 0 Å². The number of hydrogen-bond acceptors (Lipinski definition) is 7. The number of methoxy groups -OCH3 is 2. The highest BCUT2D eigenvalue weighted by molar-refractivity contribution is 7.86. The zero-order valence-electron chi connectivity index (χ0n) is 20.8. The SMILES string of the molecule is COc1ccc(C2=CN(S(N)(=O)=O)C(Oc3ccc(N4CCN(C(C)=O)CC4)cc3)C(Cl)=C2)cc1OC. The largest absolute Gasteiger partial charge is 0.493 e. The van der Waals surface area contributed by atoms with Gasteiger partial charge >= 0.3 is 10.2 Å². The third kappa shape index (κ3) is 5.95. The molecule has 2 aromatic rings. The van der Waals surface area contributed by atoms with Gasteiger partial charge in [-0.05, 0) is 48.0 Å². The van der Waals surface area contributed by atoms with Crippen LogP contribution in [0.25, 0.3) is 5.57 Å². The summed E-state index contributed by atoms with van der Waals surface area (Å²) in [7, 11) is -1.19. The summed E-state index contributed by atoms with van der Waals surface area (Å²) in [6, 6.07) is 12.4. The number of rotatable bonds is 7. The number of amides is 1. The van der Waals surface area contributed by atoms with Crippen LogP contribution >= 0.6 is 11.6 Å². The third-order valence-corrected chi connectivity index (χ3v) is 7.39. The molecule has 37 heavy (non-hydrogen) atoms. The fourth-order valence-corrected chi connectivity index (χ4v) is 5.23. The maximum absolute atomic E-state index is 12.5. The van der Waals surface area contributed by atoms with Crippen LogP contribution in [-0.4, -0.2) is 70.2 Å². The normalized spacial score (nSPS) is 18.2. The van der Waals surface area contributed by atoms with Crippen LogP contribution in [0.15, 0.2) is 59.8 Å². The summed E-state index contributed by atoms with van der Waals surface area (Å²) in [5.41, 5.74) is 2.12. The van der Waals surface area contributed by atoms with Crippen LogP contribution in [0.4, 0.5) is 5.69 Å². The van der Waals surface area contributed by atoms with Gasteiger partial charge < -0.3 is 24.0 Å². The van der Waals surface area contributed by atoms with E-state index >= 15 is 0 Å². The topological polar surface area (TPSA) is 115 Å². The molecule has 1 amide bonds. The number of hydrogen-bond donors (Lipinski definition) is 1. The van der Waals surface area contributed by atoms with E-state index in [1.165, 1.54) is 20.4 Å². The molecule has 0 bridgehead atoms. The van der Waals surface area contributed by atoms with E-state index in [-0.39, 0.29) is 10.9 Å². The first kappa shape index (κ1) is 26.6. The summed E-state index contributed by atoms with van der Waals surface area (Å²) < 4.78 is 42.4. The standard InChI is InChI=1S/C25H29ClN4O6S/c1-17(31)28-10-12-29(13-11-28)20-5-7-21(8-6-20)36-25-22(26)14-19(16-30(25)37(27,32)33)18-4-9-23(34-2)24(15-18)35-3/h4-9,14-16,25H,10-13H2,1-3H3,(H2,27,32,33). The minimum Gasteiger partial charge on any atom is -0.493 e. The molecule has 2 heterocycles. The molecule has 1 saturated heterocycles. The van der Waals surface area contributed by atoms with E-state index in [0.29, 0.717) is 41.5 Å². The second kappa shape index (κ2) is 10.9. The Morgan fingerprint density at radius 1 is 1.00 bits per heavy atom. The van der Waals surface area contributed by atoms with Gasteiger partial charge in [-0.25, -0.2) is 9.44 Å². The third-order valence-electron chi connectivity index (χ3n) is 6.21. The second-order valence-corrected chi connectivity index (χ2v) is 10.4. The molecule has 10 nitrogen and oxygen atoms in total. The minimum atomic E-state index is -4.22. The molecule has 0 radical (unpaired) electrons. The number of nitrogens with zero attached hydrogens (tertiary/aromatic N) is 3. The molecule has 2 N–H and O–H groups in total. The summed E-state index contributed by atoms with van der Waals surface area (Å²) in [5.74, 6) is 1.50. The molecule has 1 atom stereocenters. The van der Waals surface area contributed by atoms with Gasteiger partial charge in [-0.1, -0.05) is 17.7 Å². The molecule has 0 spiro atoms. The highest BCUT2D eigenvalue weighted by atomic mass is 35.5. The fourth-order valence-electron chi connectivity index (χ4n) is 4.22. The molecule has 0 aromatic heterocycles. The van der Waals surface area contributed by atoms with Gasteiger partial charge in [0.15, 0.2) is 11.5 Å². The fraction of sp³-hybridized carbons (Fsp3) is 0.320. The van der Waals surface area contributed by atoms with Gasteiger partial charge in [0.2, 0.25) is 12.1 Å².